The summed E-state index contributed by atoms with van der Waals surface area (Å²) < 4.78 is 16.0. The fourth-order valence-electron chi connectivity index (χ4n) is 4.34. The number of benzene rings is 3. The number of hydrogen-bond donors (Lipinski definition) is 1. The number of methoxy groups -OCH3 is 3. The topological polar surface area (TPSA) is 77.1 Å². The number of nitrogens with one attached hydrogen (secondary N) is 1. The molecular formula is C26H25ClN2O5. The Morgan fingerprint density at radius 3 is 2.26 bits per heavy atom. The zero-order chi connectivity index (χ0) is 24.4. The Kier molecular flexibility index (Phi) is 6.65. The van der Waals surface area contributed by atoms with E-state index in [4.69, 9.17) is 25.8 Å². The summed E-state index contributed by atoms with van der Waals surface area (Å²) in [4.78, 5) is 28.6. The van der Waals surface area contributed by atoms with Gasteiger partial charge in [-0.3, -0.25) is 9.59 Å². The first-order valence-electron chi connectivity index (χ1n) is 10.6. The lowest BCUT2D eigenvalue weighted by molar-refractivity contribution is -0.119. The molecule has 176 valence electrons. The minimum Gasteiger partial charge on any atom is -0.497 e. The van der Waals surface area contributed by atoms with E-state index in [1.165, 1.54) is 14.2 Å². The van der Waals surface area contributed by atoms with Gasteiger partial charge in [-0.15, -0.1) is 0 Å². The van der Waals surface area contributed by atoms with Crippen molar-refractivity contribution in [3.8, 4) is 17.2 Å². The maximum atomic E-state index is 13.8. The molecule has 4 rings (SSSR count). The first kappa shape index (κ1) is 23.4. The Bertz CT molecular complexity index is 1230. The van der Waals surface area contributed by atoms with Crippen LogP contribution in [-0.4, -0.2) is 45.1 Å². The van der Waals surface area contributed by atoms with E-state index in [-0.39, 0.29) is 11.8 Å². The van der Waals surface area contributed by atoms with E-state index in [0.29, 0.717) is 39.1 Å². The summed E-state index contributed by atoms with van der Waals surface area (Å²) in [6.45, 7) is 0. The van der Waals surface area contributed by atoms with Gasteiger partial charge in [0.05, 0.1) is 44.0 Å². The van der Waals surface area contributed by atoms with Crippen molar-refractivity contribution in [1.29, 1.82) is 0 Å². The Morgan fingerprint density at radius 1 is 0.941 bits per heavy atom. The van der Waals surface area contributed by atoms with Gasteiger partial charge >= 0.3 is 0 Å². The predicted molar refractivity (Wildman–Crippen MR) is 130 cm³/mol. The van der Waals surface area contributed by atoms with E-state index >= 15 is 0 Å². The van der Waals surface area contributed by atoms with Crippen molar-refractivity contribution < 1.29 is 23.8 Å². The Hall–Kier alpha value is -3.71. The van der Waals surface area contributed by atoms with Gasteiger partial charge in [-0.2, -0.15) is 0 Å². The van der Waals surface area contributed by atoms with E-state index in [1.807, 2.05) is 36.4 Å². The number of rotatable bonds is 6. The van der Waals surface area contributed by atoms with Gasteiger partial charge in [-0.1, -0.05) is 41.9 Å². The molecule has 8 heteroatoms. The molecule has 2 amide bonds. The molecule has 2 atom stereocenters. The number of amides is 2. The number of ether oxygens (including phenoxy) is 3. The largest absolute Gasteiger partial charge is 0.497 e. The van der Waals surface area contributed by atoms with Gasteiger partial charge in [0.25, 0.3) is 5.91 Å². The average Bonchev–Trinajstić information content (AvgIpc) is 2.86. The van der Waals surface area contributed by atoms with Crippen molar-refractivity contribution in [1.82, 2.24) is 4.90 Å². The molecule has 1 heterocycles. The molecule has 0 saturated heterocycles. The maximum Gasteiger partial charge on any atom is 0.254 e. The van der Waals surface area contributed by atoms with Crippen LogP contribution in [-0.2, 0) is 4.79 Å². The quantitative estimate of drug-likeness (QED) is 0.542. The zero-order valence-electron chi connectivity index (χ0n) is 19.3. The molecule has 1 N–H and O–H groups in total. The van der Waals surface area contributed by atoms with Crippen LogP contribution in [0.25, 0.3) is 0 Å². The lowest BCUT2D eigenvalue weighted by atomic mass is 9.79. The predicted octanol–water partition coefficient (Wildman–Crippen LogP) is 4.92. The number of halogens is 1. The molecule has 0 aliphatic carbocycles. The molecule has 3 aromatic rings. The fourth-order valence-corrected chi connectivity index (χ4v) is 4.58. The Balaban J connectivity index is 1.80. The third-order valence-electron chi connectivity index (χ3n) is 6.05. The highest BCUT2D eigenvalue weighted by Crippen LogP contribution is 2.44. The van der Waals surface area contributed by atoms with E-state index in [9.17, 15) is 9.59 Å². The zero-order valence-corrected chi connectivity index (χ0v) is 20.1. The maximum absolute atomic E-state index is 13.8. The monoisotopic (exact) mass is 480 g/mol. The summed E-state index contributed by atoms with van der Waals surface area (Å²) in [5.41, 5.74) is 2.37. The molecule has 7 nitrogen and oxygen atoms in total. The van der Waals surface area contributed by atoms with Crippen molar-refractivity contribution in [3.05, 3.63) is 82.4 Å². The Morgan fingerprint density at radius 2 is 1.62 bits per heavy atom. The third-order valence-corrected chi connectivity index (χ3v) is 6.35. The molecule has 1 aliphatic rings. The van der Waals surface area contributed by atoms with Crippen LogP contribution >= 0.6 is 11.6 Å². The second kappa shape index (κ2) is 9.65. The molecule has 0 aromatic heterocycles. The summed E-state index contributed by atoms with van der Waals surface area (Å²) in [5, 5.41) is 3.29. The van der Waals surface area contributed by atoms with Gasteiger partial charge in [0.1, 0.15) is 17.2 Å². The van der Waals surface area contributed by atoms with Gasteiger partial charge < -0.3 is 24.4 Å². The summed E-state index contributed by atoms with van der Waals surface area (Å²) in [7, 11) is 6.30. The van der Waals surface area contributed by atoms with Crippen molar-refractivity contribution in [2.75, 3.05) is 33.7 Å². The summed E-state index contributed by atoms with van der Waals surface area (Å²) in [6, 6.07) is 17.2. The van der Waals surface area contributed by atoms with Crippen molar-refractivity contribution in [2.24, 2.45) is 0 Å². The van der Waals surface area contributed by atoms with E-state index in [2.05, 4.69) is 5.32 Å². The Labute approximate surface area is 203 Å². The number of nitrogens with zero attached hydrogens (tertiary/aromatic N) is 1. The van der Waals surface area contributed by atoms with Crippen molar-refractivity contribution >= 4 is 29.1 Å². The van der Waals surface area contributed by atoms with Crippen LogP contribution in [0.4, 0.5) is 5.69 Å². The first-order valence-corrected chi connectivity index (χ1v) is 11.0. The molecule has 0 fully saturated rings. The van der Waals surface area contributed by atoms with Gasteiger partial charge in [0.2, 0.25) is 5.91 Å². The smallest absolute Gasteiger partial charge is 0.254 e. The van der Waals surface area contributed by atoms with Crippen LogP contribution < -0.4 is 19.5 Å². The summed E-state index contributed by atoms with van der Waals surface area (Å²) in [6.07, 6.45) is 0. The highest BCUT2D eigenvalue weighted by molar-refractivity contribution is 6.32. The minimum atomic E-state index is -0.683. The van der Waals surface area contributed by atoms with E-state index in [1.54, 1.807) is 43.3 Å². The first-order chi connectivity index (χ1) is 16.4. The number of carbonyl (C=O) groups excluding carboxylic acids is 2. The van der Waals surface area contributed by atoms with Gasteiger partial charge in [0, 0.05) is 18.7 Å². The molecule has 1 aliphatic heterocycles. The summed E-state index contributed by atoms with van der Waals surface area (Å²) in [5.74, 6) is 0.396. The van der Waals surface area contributed by atoms with Gasteiger partial charge in [-0.05, 0) is 35.4 Å². The van der Waals surface area contributed by atoms with E-state index in [0.717, 1.165) is 5.56 Å². The highest BCUT2D eigenvalue weighted by atomic mass is 35.5. The number of anilines is 1. The van der Waals surface area contributed by atoms with Crippen molar-refractivity contribution in [3.63, 3.8) is 0 Å². The lowest BCUT2D eigenvalue weighted by Crippen LogP contribution is -2.44. The number of likely N-dealkylation sites (N-methyl/N-ethyl adjacent to an activating group) is 1. The van der Waals surface area contributed by atoms with Crippen molar-refractivity contribution in [2.45, 2.75) is 12.0 Å². The van der Waals surface area contributed by atoms with Crippen LogP contribution in [0.15, 0.2) is 60.7 Å². The summed E-state index contributed by atoms with van der Waals surface area (Å²) >= 11 is 6.31. The van der Waals surface area contributed by atoms with Crippen LogP contribution in [0, 0.1) is 0 Å². The lowest BCUT2D eigenvalue weighted by Gasteiger charge is -2.39. The number of hydrogen-bond acceptors (Lipinski definition) is 5. The third kappa shape index (κ3) is 4.15. The SMILES string of the molecule is COc1ccc(C2C(C(=O)Nc3cc(Cl)c(OC)cc3OC)c3ccccc3C(=O)N2C)cc1. The normalized spacial score (nSPS) is 17.1. The molecule has 0 spiro atoms. The van der Waals surface area contributed by atoms with Crippen LogP contribution in [0.5, 0.6) is 17.2 Å². The fraction of sp³-hybridized carbons (Fsp3) is 0.231. The van der Waals surface area contributed by atoms with E-state index < -0.39 is 12.0 Å². The molecule has 0 bridgehead atoms. The second-order valence-electron chi connectivity index (χ2n) is 7.88. The molecular weight excluding hydrogens is 456 g/mol. The van der Waals surface area contributed by atoms with Crippen LogP contribution in [0.2, 0.25) is 5.02 Å². The number of fused-ring (bicyclic) bond motifs is 1. The molecule has 34 heavy (non-hydrogen) atoms. The molecule has 2 unspecified atom stereocenters. The highest BCUT2D eigenvalue weighted by Gasteiger charge is 2.42. The van der Waals surface area contributed by atoms with Crippen LogP contribution in [0.1, 0.15) is 33.4 Å². The average molecular weight is 481 g/mol. The molecule has 3 aromatic carbocycles. The van der Waals surface area contributed by atoms with Gasteiger partial charge in [-0.25, -0.2) is 0 Å². The number of carbonyl (C=O) groups is 2. The second-order valence-corrected chi connectivity index (χ2v) is 8.28. The van der Waals surface area contributed by atoms with Gasteiger partial charge in [0.15, 0.2) is 0 Å². The standard InChI is InChI=1S/C26H25ClN2O5/c1-29-24(15-9-11-16(32-2)12-10-15)23(17-7-5-6-8-18(17)26(29)31)25(30)28-20-13-19(27)21(33-3)14-22(20)34-4/h5-14,23-24H,1-4H3,(H,28,30). The molecule has 0 radical (unpaired) electrons. The molecule has 0 saturated carbocycles. The van der Waals surface area contributed by atoms with Crippen LogP contribution in [0.3, 0.4) is 0 Å². The minimum absolute atomic E-state index is 0.148.